The van der Waals surface area contributed by atoms with E-state index in [1.165, 1.54) is 33.3 Å². The lowest BCUT2D eigenvalue weighted by Gasteiger charge is -2.26. The molecule has 0 radical (unpaired) electrons. The summed E-state index contributed by atoms with van der Waals surface area (Å²) in [6.07, 6.45) is 0. The minimum atomic E-state index is -3.68. The van der Waals surface area contributed by atoms with Crippen molar-refractivity contribution in [2.75, 3.05) is 7.11 Å². The molecule has 5 aromatic carbocycles. The minimum absolute atomic E-state index is 0.290. The third kappa shape index (κ3) is 5.06. The van der Waals surface area contributed by atoms with Crippen LogP contribution in [0.3, 0.4) is 0 Å². The molecule has 6 rings (SSSR count). The highest BCUT2D eigenvalue weighted by atomic mass is 28.3. The van der Waals surface area contributed by atoms with Gasteiger partial charge in [0.1, 0.15) is 21.9 Å². The van der Waals surface area contributed by atoms with E-state index >= 15 is 17.6 Å². The van der Waals surface area contributed by atoms with E-state index in [1.54, 1.807) is 60.7 Å². The van der Waals surface area contributed by atoms with Crippen LogP contribution in [0.15, 0.2) is 60.7 Å². The first kappa shape index (κ1) is 34.3. The van der Waals surface area contributed by atoms with Crippen molar-refractivity contribution in [1.82, 2.24) is 4.57 Å². The monoisotopic (exact) mass is 721 g/mol. The molecule has 14 heteroatoms. The molecule has 0 aliphatic carbocycles. The molecular formula is C35H25F10NOSi2. The normalized spacial score (nSPS) is 12.4. The van der Waals surface area contributed by atoms with Crippen LogP contribution in [0.1, 0.15) is 0 Å². The molecule has 1 aromatic heterocycles. The van der Waals surface area contributed by atoms with Gasteiger partial charge in [0.15, 0.2) is 46.5 Å². The number of benzene rings is 5. The molecule has 0 unspecified atom stereocenters. The van der Waals surface area contributed by atoms with Gasteiger partial charge in [0.05, 0.1) is 18.1 Å². The summed E-state index contributed by atoms with van der Waals surface area (Å²) in [7, 11) is -5.88. The lowest BCUT2D eigenvalue weighted by molar-refractivity contribution is 0.383. The van der Waals surface area contributed by atoms with Crippen LogP contribution in [-0.4, -0.2) is 27.8 Å². The molecule has 0 spiro atoms. The van der Waals surface area contributed by atoms with E-state index in [9.17, 15) is 26.3 Å². The summed E-state index contributed by atoms with van der Waals surface area (Å²) in [6, 6.07) is 16.4. The molecule has 0 aliphatic rings. The van der Waals surface area contributed by atoms with Gasteiger partial charge in [-0.1, -0.05) is 60.8 Å². The quantitative estimate of drug-likeness (QED) is 0.0741. The van der Waals surface area contributed by atoms with Gasteiger partial charge < -0.3 is 9.30 Å². The number of aromatic nitrogens is 1. The van der Waals surface area contributed by atoms with E-state index in [-0.39, 0.29) is 0 Å². The van der Waals surface area contributed by atoms with Crippen LogP contribution in [0.4, 0.5) is 43.9 Å². The molecular weight excluding hydrogens is 697 g/mol. The molecule has 2 nitrogen and oxygen atoms in total. The summed E-state index contributed by atoms with van der Waals surface area (Å²) in [4.78, 5) is 0. The lowest BCUT2D eigenvalue weighted by Crippen LogP contribution is -2.56. The summed E-state index contributed by atoms with van der Waals surface area (Å²) in [6.45, 7) is 5.72. The van der Waals surface area contributed by atoms with Crippen LogP contribution in [-0.2, 0) is 0 Å². The second-order valence-corrected chi connectivity index (χ2v) is 21.3. The Kier molecular flexibility index (Phi) is 8.26. The number of rotatable bonds is 6. The standard InChI is InChI=1S/C35H25F10NOSi2/c1-47-17-8-6-16(7-9-17)46-22-12-10-18(48(2,3)34-30(42)26(38)24(36)27(39)31(34)43)14-20(22)21-15-19(11-13-23(21)46)49(4,5)35-32(44)28(40)25(37)29(41)33(35)45/h6-15H,1-5H3. The van der Waals surface area contributed by atoms with Crippen molar-refractivity contribution in [3.8, 4) is 11.4 Å². The first-order valence-electron chi connectivity index (χ1n) is 14.7. The van der Waals surface area contributed by atoms with E-state index in [2.05, 4.69) is 0 Å². The Balaban J connectivity index is 1.66. The van der Waals surface area contributed by atoms with Crippen molar-refractivity contribution < 1.29 is 48.6 Å². The van der Waals surface area contributed by atoms with Crippen LogP contribution >= 0.6 is 0 Å². The summed E-state index contributed by atoms with van der Waals surface area (Å²) >= 11 is 0. The minimum Gasteiger partial charge on any atom is -0.497 e. The van der Waals surface area contributed by atoms with Gasteiger partial charge in [0, 0.05) is 26.8 Å². The molecule has 0 saturated heterocycles. The zero-order valence-corrected chi connectivity index (χ0v) is 28.4. The number of halogens is 10. The van der Waals surface area contributed by atoms with Crippen molar-refractivity contribution in [2.45, 2.75) is 26.2 Å². The first-order chi connectivity index (χ1) is 22.9. The van der Waals surface area contributed by atoms with Gasteiger partial charge in [-0.05, 0) is 36.4 Å². The third-order valence-electron chi connectivity index (χ3n) is 9.21. The van der Waals surface area contributed by atoms with Crippen LogP contribution in [0.5, 0.6) is 5.75 Å². The fourth-order valence-electron chi connectivity index (χ4n) is 6.41. The number of methoxy groups -OCH3 is 1. The third-order valence-corrected chi connectivity index (χ3v) is 16.1. The Morgan fingerprint density at radius 3 is 1.10 bits per heavy atom. The summed E-state index contributed by atoms with van der Waals surface area (Å²) in [5, 5.41) is -0.364. The largest absolute Gasteiger partial charge is 0.497 e. The van der Waals surface area contributed by atoms with Crippen LogP contribution in [0.2, 0.25) is 26.2 Å². The lowest BCUT2D eigenvalue weighted by atomic mass is 10.1. The summed E-state index contributed by atoms with van der Waals surface area (Å²) in [5.41, 5.74) is 1.71. The molecule has 0 N–H and O–H groups in total. The topological polar surface area (TPSA) is 14.2 Å². The van der Waals surface area contributed by atoms with Gasteiger partial charge in [-0.15, -0.1) is 0 Å². The molecule has 0 fully saturated rings. The maximum absolute atomic E-state index is 15.1. The Bertz CT molecular complexity index is 2140. The molecule has 0 saturated carbocycles. The number of ether oxygens (including phenoxy) is 1. The summed E-state index contributed by atoms with van der Waals surface area (Å²) < 4.78 is 153. The maximum Gasteiger partial charge on any atom is 0.200 e. The molecule has 0 atom stereocenters. The number of fused-ring (bicyclic) bond motifs is 3. The van der Waals surface area contributed by atoms with E-state index in [1.807, 2.05) is 4.57 Å². The number of hydrogen-bond acceptors (Lipinski definition) is 1. The maximum atomic E-state index is 15.1. The second kappa shape index (κ2) is 11.8. The molecule has 0 amide bonds. The van der Waals surface area contributed by atoms with Crippen LogP contribution < -0.4 is 25.5 Å². The highest BCUT2D eigenvalue weighted by Gasteiger charge is 2.40. The highest BCUT2D eigenvalue weighted by Crippen LogP contribution is 2.33. The molecule has 49 heavy (non-hydrogen) atoms. The number of nitrogens with zero attached hydrogens (tertiary/aromatic N) is 1. The van der Waals surface area contributed by atoms with Gasteiger partial charge in [0.25, 0.3) is 0 Å². The first-order valence-corrected chi connectivity index (χ1v) is 20.7. The zero-order chi connectivity index (χ0) is 35.9. The average molecular weight is 722 g/mol. The molecule has 254 valence electrons. The fourth-order valence-corrected chi connectivity index (χ4v) is 11.6. The molecule has 0 bridgehead atoms. The fraction of sp³-hybridized carbons (Fsp3) is 0.143. The van der Waals surface area contributed by atoms with Crippen molar-refractivity contribution in [3.63, 3.8) is 0 Å². The van der Waals surface area contributed by atoms with Gasteiger partial charge in [-0.2, -0.15) is 0 Å². The molecule has 6 aromatic rings. The second-order valence-electron chi connectivity index (χ2n) is 12.6. The van der Waals surface area contributed by atoms with Gasteiger partial charge in [0.2, 0.25) is 11.6 Å². The highest BCUT2D eigenvalue weighted by molar-refractivity contribution is 7.01. The van der Waals surface area contributed by atoms with Crippen molar-refractivity contribution in [3.05, 3.63) is 119 Å². The van der Waals surface area contributed by atoms with Gasteiger partial charge >= 0.3 is 0 Å². The van der Waals surface area contributed by atoms with Crippen molar-refractivity contribution in [1.29, 1.82) is 0 Å². The van der Waals surface area contributed by atoms with E-state index in [0.717, 1.165) is 0 Å². The van der Waals surface area contributed by atoms with Gasteiger partial charge in [-0.25, -0.2) is 43.9 Å². The molecule has 0 aliphatic heterocycles. The number of hydrogen-bond donors (Lipinski definition) is 0. The van der Waals surface area contributed by atoms with Crippen molar-refractivity contribution >= 4 is 58.7 Å². The Labute approximate surface area is 275 Å². The summed E-state index contributed by atoms with van der Waals surface area (Å²) in [5.74, 6) is -19.9. The Morgan fingerprint density at radius 2 is 0.776 bits per heavy atom. The van der Waals surface area contributed by atoms with E-state index in [0.29, 0.717) is 43.6 Å². The molecule has 1 heterocycles. The predicted octanol–water partition coefficient (Wildman–Crippen LogP) is 7.83. The van der Waals surface area contributed by atoms with E-state index < -0.39 is 84.7 Å². The van der Waals surface area contributed by atoms with Crippen LogP contribution in [0.25, 0.3) is 27.5 Å². The van der Waals surface area contributed by atoms with Crippen molar-refractivity contribution in [2.24, 2.45) is 0 Å². The average Bonchev–Trinajstić information content (AvgIpc) is 3.41. The van der Waals surface area contributed by atoms with E-state index in [4.69, 9.17) is 4.74 Å². The predicted molar refractivity (Wildman–Crippen MR) is 173 cm³/mol. The van der Waals surface area contributed by atoms with Crippen LogP contribution in [0, 0.1) is 58.2 Å². The Morgan fingerprint density at radius 1 is 0.449 bits per heavy atom. The zero-order valence-electron chi connectivity index (χ0n) is 26.4. The smallest absolute Gasteiger partial charge is 0.200 e. The van der Waals surface area contributed by atoms with Gasteiger partial charge in [-0.3, -0.25) is 0 Å². The SMILES string of the molecule is COc1ccc(-n2c3ccc([Si](C)(C)c4c(F)c(F)c(F)c(F)c4F)cc3c3cc([Si](C)(C)c4c(F)c(F)c(F)c(F)c4F)ccc32)cc1. The Hall–Kier alpha value is -4.57.